The maximum absolute atomic E-state index is 12.2. The molecule has 1 atom stereocenters. The maximum Gasteiger partial charge on any atom is 0.255 e. The summed E-state index contributed by atoms with van der Waals surface area (Å²) in [4.78, 5) is 12.2. The Morgan fingerprint density at radius 2 is 1.84 bits per heavy atom. The number of fused-ring (bicyclic) bond motifs is 1. The van der Waals surface area contributed by atoms with Gasteiger partial charge in [-0.15, -0.1) is 0 Å². The molecule has 1 aliphatic rings. The zero-order valence-corrected chi connectivity index (χ0v) is 11.1. The summed E-state index contributed by atoms with van der Waals surface area (Å²) in [5, 5.41) is 14.8. The Morgan fingerprint density at radius 3 is 2.42 bits per heavy atom. The molecule has 3 nitrogen and oxygen atoms in total. The van der Waals surface area contributed by atoms with E-state index in [2.05, 4.69) is 19.2 Å². The second-order valence-corrected chi connectivity index (χ2v) is 5.94. The summed E-state index contributed by atoms with van der Waals surface area (Å²) in [6.45, 7) is 4.25. The van der Waals surface area contributed by atoms with E-state index in [4.69, 9.17) is 0 Å². The molecule has 1 unspecified atom stereocenters. The van der Waals surface area contributed by atoms with Crippen molar-refractivity contribution in [2.45, 2.75) is 26.3 Å². The number of carbonyl (C=O) groups is 1. The molecule has 0 heterocycles. The van der Waals surface area contributed by atoms with Crippen molar-refractivity contribution in [2.75, 3.05) is 0 Å². The smallest absolute Gasteiger partial charge is 0.255 e. The number of amides is 1. The van der Waals surface area contributed by atoms with Crippen LogP contribution in [0.15, 0.2) is 36.4 Å². The number of benzene rings is 2. The zero-order valence-electron chi connectivity index (χ0n) is 11.1. The lowest BCUT2D eigenvalue weighted by atomic mass is 10.1. The molecule has 0 aliphatic heterocycles. The van der Waals surface area contributed by atoms with Crippen LogP contribution in [0.25, 0.3) is 10.8 Å². The van der Waals surface area contributed by atoms with E-state index in [0.29, 0.717) is 5.56 Å². The molecule has 0 radical (unpaired) electrons. The number of hydrogen-bond acceptors (Lipinski definition) is 2. The topological polar surface area (TPSA) is 49.3 Å². The molecule has 2 N–H and O–H groups in total. The van der Waals surface area contributed by atoms with Gasteiger partial charge in [-0.25, -0.2) is 0 Å². The van der Waals surface area contributed by atoms with Gasteiger partial charge in [-0.05, 0) is 34.7 Å². The predicted octanol–water partition coefficient (Wildman–Crippen LogP) is 3.07. The lowest BCUT2D eigenvalue weighted by molar-refractivity contribution is 0.0944. The second-order valence-electron chi connectivity index (χ2n) is 5.94. The Hall–Kier alpha value is -2.03. The highest BCUT2D eigenvalue weighted by atomic mass is 16.3. The lowest BCUT2D eigenvalue weighted by Crippen LogP contribution is -2.28. The van der Waals surface area contributed by atoms with E-state index >= 15 is 0 Å². The van der Waals surface area contributed by atoms with Crippen molar-refractivity contribution in [1.82, 2.24) is 5.32 Å². The Morgan fingerprint density at radius 1 is 1.26 bits per heavy atom. The first-order valence-electron chi connectivity index (χ1n) is 6.50. The fourth-order valence-corrected chi connectivity index (χ4v) is 2.36. The van der Waals surface area contributed by atoms with Gasteiger partial charge < -0.3 is 10.4 Å². The molecule has 1 amide bonds. The molecule has 2 aromatic rings. The Labute approximate surface area is 112 Å². The van der Waals surface area contributed by atoms with E-state index in [1.54, 1.807) is 12.1 Å². The minimum absolute atomic E-state index is 0.0367. The summed E-state index contributed by atoms with van der Waals surface area (Å²) in [7, 11) is 0. The van der Waals surface area contributed by atoms with Crippen molar-refractivity contribution in [3.8, 4) is 5.75 Å². The summed E-state index contributed by atoms with van der Waals surface area (Å²) in [6.07, 6.45) is 0.993. The van der Waals surface area contributed by atoms with Crippen molar-refractivity contribution in [3.63, 3.8) is 0 Å². The summed E-state index contributed by atoms with van der Waals surface area (Å²) in [5.41, 5.74) is 0.531. The average molecular weight is 255 g/mol. The third kappa shape index (κ3) is 2.16. The quantitative estimate of drug-likeness (QED) is 0.866. The summed E-state index contributed by atoms with van der Waals surface area (Å²) < 4.78 is 0. The van der Waals surface area contributed by atoms with Gasteiger partial charge in [0.1, 0.15) is 5.75 Å². The van der Waals surface area contributed by atoms with E-state index in [1.165, 1.54) is 0 Å². The molecule has 98 valence electrons. The van der Waals surface area contributed by atoms with Crippen molar-refractivity contribution in [3.05, 3.63) is 42.0 Å². The maximum atomic E-state index is 12.2. The van der Waals surface area contributed by atoms with Crippen LogP contribution in [0.1, 0.15) is 30.6 Å². The Balaban J connectivity index is 1.91. The molecule has 19 heavy (non-hydrogen) atoms. The molecular formula is C16H17NO2. The first-order valence-corrected chi connectivity index (χ1v) is 6.50. The molecule has 0 spiro atoms. The minimum Gasteiger partial charge on any atom is -0.507 e. The number of aromatic hydroxyl groups is 1. The monoisotopic (exact) mass is 255 g/mol. The van der Waals surface area contributed by atoms with E-state index in [-0.39, 0.29) is 23.1 Å². The number of hydrogen-bond donors (Lipinski definition) is 2. The van der Waals surface area contributed by atoms with Crippen LogP contribution in [0, 0.1) is 5.41 Å². The first kappa shape index (κ1) is 12.0. The van der Waals surface area contributed by atoms with Crippen LogP contribution in [-0.4, -0.2) is 17.1 Å². The lowest BCUT2D eigenvalue weighted by Gasteiger charge is -2.09. The molecule has 1 saturated carbocycles. The highest BCUT2D eigenvalue weighted by Crippen LogP contribution is 2.44. The van der Waals surface area contributed by atoms with Gasteiger partial charge in [0.15, 0.2) is 0 Å². The van der Waals surface area contributed by atoms with Crippen molar-refractivity contribution in [2.24, 2.45) is 5.41 Å². The van der Waals surface area contributed by atoms with Gasteiger partial charge in [-0.1, -0.05) is 38.1 Å². The Kier molecular flexibility index (Phi) is 2.52. The number of rotatable bonds is 2. The van der Waals surface area contributed by atoms with Crippen LogP contribution < -0.4 is 5.32 Å². The average Bonchev–Trinajstić information content (AvgIpc) is 2.95. The van der Waals surface area contributed by atoms with Gasteiger partial charge in [0, 0.05) is 6.04 Å². The number of phenols is 1. The van der Waals surface area contributed by atoms with E-state index < -0.39 is 0 Å². The second kappa shape index (κ2) is 3.98. The molecule has 2 aromatic carbocycles. The highest BCUT2D eigenvalue weighted by molar-refractivity contribution is 6.01. The Bertz CT molecular complexity index is 661. The van der Waals surface area contributed by atoms with Crippen LogP contribution in [0.4, 0.5) is 0 Å². The van der Waals surface area contributed by atoms with Gasteiger partial charge in [0.2, 0.25) is 0 Å². The third-order valence-electron chi connectivity index (χ3n) is 3.93. The zero-order chi connectivity index (χ0) is 13.6. The minimum atomic E-state index is -0.196. The van der Waals surface area contributed by atoms with Crippen molar-refractivity contribution >= 4 is 16.7 Å². The van der Waals surface area contributed by atoms with E-state index in [0.717, 1.165) is 17.2 Å². The molecular weight excluding hydrogens is 238 g/mol. The fraction of sp³-hybridized carbons (Fsp3) is 0.312. The molecule has 0 aromatic heterocycles. The van der Waals surface area contributed by atoms with Crippen LogP contribution in [0.2, 0.25) is 0 Å². The molecule has 0 bridgehead atoms. The van der Waals surface area contributed by atoms with Gasteiger partial charge in [-0.3, -0.25) is 4.79 Å². The molecule has 1 aliphatic carbocycles. The fourth-order valence-electron chi connectivity index (χ4n) is 2.36. The van der Waals surface area contributed by atoms with Crippen LogP contribution >= 0.6 is 0 Å². The summed E-state index contributed by atoms with van der Waals surface area (Å²) >= 11 is 0. The van der Waals surface area contributed by atoms with Crippen LogP contribution in [-0.2, 0) is 0 Å². The van der Waals surface area contributed by atoms with Crippen molar-refractivity contribution < 1.29 is 9.90 Å². The van der Waals surface area contributed by atoms with Crippen LogP contribution in [0.3, 0.4) is 0 Å². The van der Waals surface area contributed by atoms with Gasteiger partial charge in [0.25, 0.3) is 5.91 Å². The normalized spacial score (nSPS) is 20.2. The third-order valence-corrected chi connectivity index (χ3v) is 3.93. The van der Waals surface area contributed by atoms with Gasteiger partial charge in [-0.2, -0.15) is 0 Å². The van der Waals surface area contributed by atoms with Crippen molar-refractivity contribution in [1.29, 1.82) is 0 Å². The van der Waals surface area contributed by atoms with E-state index in [1.807, 2.05) is 24.3 Å². The molecule has 3 rings (SSSR count). The standard InChI is InChI=1S/C16H17NO2/c1-16(2)9-14(16)17-15(19)12-7-10-5-3-4-6-11(10)8-13(12)18/h3-8,14,18H,9H2,1-2H3,(H,17,19). The number of nitrogens with one attached hydrogen (secondary N) is 1. The highest BCUT2D eigenvalue weighted by Gasteiger charge is 2.46. The summed E-state index contributed by atoms with van der Waals surface area (Å²) in [5.74, 6) is -0.159. The van der Waals surface area contributed by atoms with Gasteiger partial charge in [0.05, 0.1) is 5.56 Å². The van der Waals surface area contributed by atoms with E-state index in [9.17, 15) is 9.90 Å². The SMILES string of the molecule is CC1(C)CC1NC(=O)c1cc2ccccc2cc1O. The summed E-state index contributed by atoms with van der Waals surface area (Å²) in [6, 6.07) is 11.3. The molecule has 1 fully saturated rings. The molecule has 0 saturated heterocycles. The molecule has 3 heteroatoms. The number of carbonyl (C=O) groups excluding carboxylic acids is 1. The van der Waals surface area contributed by atoms with Crippen LogP contribution in [0.5, 0.6) is 5.75 Å². The first-order chi connectivity index (χ1) is 8.97. The largest absolute Gasteiger partial charge is 0.507 e. The number of phenolic OH excluding ortho intramolecular Hbond substituents is 1. The van der Waals surface area contributed by atoms with Gasteiger partial charge >= 0.3 is 0 Å². The predicted molar refractivity (Wildman–Crippen MR) is 75.3 cm³/mol.